The van der Waals surface area contributed by atoms with E-state index in [-0.39, 0.29) is 0 Å². The summed E-state index contributed by atoms with van der Waals surface area (Å²) in [5.41, 5.74) is 3.12. The molecule has 1 amide bonds. The van der Waals surface area contributed by atoms with Crippen LogP contribution >= 0.6 is 0 Å². The number of amides is 1. The van der Waals surface area contributed by atoms with E-state index in [2.05, 4.69) is 10.3 Å². The fraction of sp³-hybridized carbons (Fsp3) is 0.167. The topological polar surface area (TPSA) is 81.4 Å². The lowest BCUT2D eigenvalue weighted by Crippen LogP contribution is -2.30. The number of rotatable bonds is 4. The van der Waals surface area contributed by atoms with Gasteiger partial charge in [-0.25, -0.2) is 9.78 Å². The highest BCUT2D eigenvalue weighted by atomic mass is 16.5. The van der Waals surface area contributed by atoms with Gasteiger partial charge in [-0.3, -0.25) is 4.79 Å². The Morgan fingerprint density at radius 1 is 1.21 bits per heavy atom. The van der Waals surface area contributed by atoms with E-state index in [1.165, 1.54) is 19.4 Å². The number of hydrogen-bond donors (Lipinski definition) is 1. The summed E-state index contributed by atoms with van der Waals surface area (Å²) >= 11 is 0. The molecular weight excluding hydrogens is 308 g/mol. The number of nitrogens with zero attached hydrogens (tertiary/aromatic N) is 1. The minimum Gasteiger partial charge on any atom is -0.449 e. The summed E-state index contributed by atoms with van der Waals surface area (Å²) in [5, 5.41) is 2.72. The van der Waals surface area contributed by atoms with Crippen molar-refractivity contribution in [3.63, 3.8) is 0 Å². The van der Waals surface area contributed by atoms with Gasteiger partial charge in [-0.1, -0.05) is 12.1 Å². The molecule has 0 bridgehead atoms. The van der Waals surface area contributed by atoms with Crippen molar-refractivity contribution >= 4 is 28.7 Å². The van der Waals surface area contributed by atoms with Gasteiger partial charge in [-0.05, 0) is 49.7 Å². The fourth-order valence-electron chi connectivity index (χ4n) is 2.23. The van der Waals surface area contributed by atoms with Crippen molar-refractivity contribution in [1.82, 2.24) is 4.98 Å². The Hall–Kier alpha value is -3.15. The summed E-state index contributed by atoms with van der Waals surface area (Å²) in [4.78, 5) is 28.3. The molecule has 0 saturated heterocycles. The van der Waals surface area contributed by atoms with Crippen molar-refractivity contribution in [1.29, 1.82) is 0 Å². The largest absolute Gasteiger partial charge is 0.449 e. The fourth-order valence-corrected chi connectivity index (χ4v) is 2.23. The highest BCUT2D eigenvalue weighted by molar-refractivity contribution is 5.98. The average Bonchev–Trinajstić information content (AvgIpc) is 3.02. The third-order valence-corrected chi connectivity index (χ3v) is 3.51. The van der Waals surface area contributed by atoms with Crippen LogP contribution in [0.4, 0.5) is 5.69 Å². The molecule has 3 rings (SSSR count). The molecule has 0 saturated carbocycles. The lowest BCUT2D eigenvalue weighted by molar-refractivity contribution is -0.123. The van der Waals surface area contributed by atoms with Crippen LogP contribution in [0.3, 0.4) is 0 Å². The molecule has 122 valence electrons. The molecule has 0 spiro atoms. The number of fused-ring (bicyclic) bond motifs is 1. The third-order valence-electron chi connectivity index (χ3n) is 3.51. The van der Waals surface area contributed by atoms with Crippen LogP contribution in [-0.4, -0.2) is 23.0 Å². The highest BCUT2D eigenvalue weighted by Crippen LogP contribution is 2.16. The molecule has 6 nitrogen and oxygen atoms in total. The number of nitrogens with one attached hydrogen (secondary N) is 1. The number of anilines is 1. The molecule has 1 heterocycles. The molecule has 0 radical (unpaired) electrons. The second-order valence-corrected chi connectivity index (χ2v) is 5.44. The Morgan fingerprint density at radius 3 is 2.83 bits per heavy atom. The number of aromatic nitrogens is 1. The van der Waals surface area contributed by atoms with E-state index in [1.54, 1.807) is 18.2 Å². The first-order valence-electron chi connectivity index (χ1n) is 7.45. The summed E-state index contributed by atoms with van der Waals surface area (Å²) in [5.74, 6) is -0.991. The van der Waals surface area contributed by atoms with Crippen molar-refractivity contribution in [3.05, 3.63) is 60.0 Å². The van der Waals surface area contributed by atoms with Crippen LogP contribution in [-0.2, 0) is 9.53 Å². The van der Waals surface area contributed by atoms with Gasteiger partial charge < -0.3 is 14.5 Å². The number of esters is 1. The second kappa shape index (κ2) is 6.54. The highest BCUT2D eigenvalue weighted by Gasteiger charge is 2.19. The van der Waals surface area contributed by atoms with Gasteiger partial charge in [-0.15, -0.1) is 0 Å². The molecule has 0 aliphatic carbocycles. The van der Waals surface area contributed by atoms with E-state index < -0.39 is 18.0 Å². The van der Waals surface area contributed by atoms with Crippen molar-refractivity contribution in [2.24, 2.45) is 0 Å². The summed E-state index contributed by atoms with van der Waals surface area (Å²) in [7, 11) is 0. The lowest BCUT2D eigenvalue weighted by Gasteiger charge is -2.13. The van der Waals surface area contributed by atoms with Crippen LogP contribution < -0.4 is 5.32 Å². The van der Waals surface area contributed by atoms with Crippen LogP contribution in [0.2, 0.25) is 0 Å². The van der Waals surface area contributed by atoms with E-state index in [0.29, 0.717) is 22.4 Å². The Balaban J connectivity index is 1.65. The summed E-state index contributed by atoms with van der Waals surface area (Å²) in [6.07, 6.45) is 0.376. The normalized spacial score (nSPS) is 11.9. The predicted octanol–water partition coefficient (Wildman–Crippen LogP) is 3.32. The van der Waals surface area contributed by atoms with Gasteiger partial charge in [0, 0.05) is 5.69 Å². The minimum atomic E-state index is -0.927. The number of carbonyl (C=O) groups excluding carboxylic acids is 2. The molecule has 1 unspecified atom stereocenters. The maximum Gasteiger partial charge on any atom is 0.339 e. The van der Waals surface area contributed by atoms with Crippen LogP contribution in [0.25, 0.3) is 11.1 Å². The summed E-state index contributed by atoms with van der Waals surface area (Å²) < 4.78 is 10.4. The Labute approximate surface area is 138 Å². The third kappa shape index (κ3) is 3.43. The summed E-state index contributed by atoms with van der Waals surface area (Å²) in [6.45, 7) is 3.45. The van der Waals surface area contributed by atoms with Crippen LogP contribution in [0.5, 0.6) is 0 Å². The van der Waals surface area contributed by atoms with Gasteiger partial charge in [0.2, 0.25) is 0 Å². The van der Waals surface area contributed by atoms with Gasteiger partial charge in [0.25, 0.3) is 5.91 Å². The van der Waals surface area contributed by atoms with Crippen LogP contribution in [0, 0.1) is 6.92 Å². The molecule has 2 aromatic carbocycles. The Kier molecular flexibility index (Phi) is 4.29. The number of oxazole rings is 1. The first-order valence-corrected chi connectivity index (χ1v) is 7.45. The van der Waals surface area contributed by atoms with E-state index >= 15 is 0 Å². The van der Waals surface area contributed by atoms with Gasteiger partial charge >= 0.3 is 5.97 Å². The van der Waals surface area contributed by atoms with Crippen molar-refractivity contribution < 1.29 is 18.7 Å². The molecular formula is C18H16N2O4. The van der Waals surface area contributed by atoms with E-state index in [1.807, 2.05) is 25.1 Å². The number of benzene rings is 2. The van der Waals surface area contributed by atoms with Gasteiger partial charge in [0.15, 0.2) is 18.1 Å². The molecule has 0 aliphatic rings. The predicted molar refractivity (Wildman–Crippen MR) is 88.7 cm³/mol. The number of ether oxygens (including phenoxy) is 1. The maximum absolute atomic E-state index is 12.2. The van der Waals surface area contributed by atoms with E-state index in [0.717, 1.165) is 5.56 Å². The standard InChI is InChI=1S/C18H16N2O4/c1-11-4-3-5-14(8-11)20-17(21)12(2)24-18(22)13-6-7-15-16(9-13)23-10-19-15/h3-10,12H,1-2H3,(H,20,21). The molecule has 24 heavy (non-hydrogen) atoms. The Bertz CT molecular complexity index is 901. The maximum atomic E-state index is 12.2. The minimum absolute atomic E-state index is 0.300. The molecule has 3 aromatic rings. The van der Waals surface area contributed by atoms with Crippen molar-refractivity contribution in [2.75, 3.05) is 5.32 Å². The molecule has 6 heteroatoms. The Morgan fingerprint density at radius 2 is 2.04 bits per heavy atom. The molecule has 0 aliphatic heterocycles. The van der Waals surface area contributed by atoms with Gasteiger partial charge in [-0.2, -0.15) is 0 Å². The van der Waals surface area contributed by atoms with Crippen molar-refractivity contribution in [3.8, 4) is 0 Å². The second-order valence-electron chi connectivity index (χ2n) is 5.44. The SMILES string of the molecule is Cc1cccc(NC(=O)C(C)OC(=O)c2ccc3ncoc3c2)c1. The quantitative estimate of drug-likeness (QED) is 0.745. The molecule has 1 aromatic heterocycles. The first kappa shape index (κ1) is 15.7. The van der Waals surface area contributed by atoms with E-state index in [9.17, 15) is 9.59 Å². The first-order chi connectivity index (χ1) is 11.5. The van der Waals surface area contributed by atoms with Crippen LogP contribution in [0.1, 0.15) is 22.8 Å². The number of carbonyl (C=O) groups is 2. The smallest absolute Gasteiger partial charge is 0.339 e. The number of aryl methyl sites for hydroxylation is 1. The van der Waals surface area contributed by atoms with Gasteiger partial charge in [0.1, 0.15) is 5.52 Å². The molecule has 1 N–H and O–H groups in total. The average molecular weight is 324 g/mol. The van der Waals surface area contributed by atoms with Gasteiger partial charge in [0.05, 0.1) is 5.56 Å². The lowest BCUT2D eigenvalue weighted by atomic mass is 10.2. The monoisotopic (exact) mass is 324 g/mol. The zero-order valence-corrected chi connectivity index (χ0v) is 13.3. The molecule has 1 atom stereocenters. The molecule has 0 fully saturated rings. The zero-order chi connectivity index (χ0) is 17.1. The van der Waals surface area contributed by atoms with E-state index in [4.69, 9.17) is 9.15 Å². The van der Waals surface area contributed by atoms with Crippen LogP contribution in [0.15, 0.2) is 53.3 Å². The van der Waals surface area contributed by atoms with Crippen molar-refractivity contribution in [2.45, 2.75) is 20.0 Å². The number of hydrogen-bond acceptors (Lipinski definition) is 5. The zero-order valence-electron chi connectivity index (χ0n) is 13.3. The summed E-state index contributed by atoms with van der Waals surface area (Å²) in [6, 6.07) is 12.2.